The molecule has 1 saturated carbocycles. The Labute approximate surface area is 123 Å². The number of rotatable bonds is 7. The van der Waals surface area contributed by atoms with Crippen LogP contribution in [0.1, 0.15) is 26.2 Å². The van der Waals surface area contributed by atoms with Gasteiger partial charge in [-0.2, -0.15) is 0 Å². The molecule has 1 aromatic rings. The number of carboxylic acids is 1. The minimum atomic E-state index is -0.930. The van der Waals surface area contributed by atoms with Gasteiger partial charge in [-0.1, -0.05) is 25.1 Å². The van der Waals surface area contributed by atoms with Crippen LogP contribution in [0, 0.1) is 5.92 Å². The van der Waals surface area contributed by atoms with E-state index in [1.165, 1.54) is 11.8 Å². The zero-order valence-electron chi connectivity index (χ0n) is 11.4. The molecule has 4 nitrogen and oxygen atoms in total. The van der Waals surface area contributed by atoms with E-state index in [0.717, 1.165) is 17.7 Å². The van der Waals surface area contributed by atoms with Crippen LogP contribution in [0.4, 0.5) is 0 Å². The first-order valence-electron chi connectivity index (χ1n) is 6.86. The number of carbonyl (C=O) groups excluding carboxylic acids is 1. The van der Waals surface area contributed by atoms with Crippen molar-refractivity contribution in [3.8, 4) is 0 Å². The van der Waals surface area contributed by atoms with Gasteiger partial charge in [-0.25, -0.2) is 4.79 Å². The quantitative estimate of drug-likeness (QED) is 0.758. The normalized spacial score (nSPS) is 17.2. The second kappa shape index (κ2) is 6.79. The minimum absolute atomic E-state index is 0.107. The molecular weight excluding hydrogens is 274 g/mol. The van der Waals surface area contributed by atoms with Crippen molar-refractivity contribution in [2.75, 3.05) is 0 Å². The lowest BCUT2D eigenvalue weighted by molar-refractivity contribution is -0.142. The van der Waals surface area contributed by atoms with Gasteiger partial charge in [0, 0.05) is 4.90 Å². The van der Waals surface area contributed by atoms with Gasteiger partial charge in [0.05, 0.1) is 5.25 Å². The van der Waals surface area contributed by atoms with Crippen LogP contribution in [0.25, 0.3) is 0 Å². The molecule has 0 radical (unpaired) electrons. The lowest BCUT2D eigenvalue weighted by atomic mass is 10.2. The zero-order valence-corrected chi connectivity index (χ0v) is 12.2. The summed E-state index contributed by atoms with van der Waals surface area (Å²) in [5.74, 6) is -1.00. The molecule has 1 aromatic carbocycles. The number of carbonyl (C=O) groups is 2. The highest BCUT2D eigenvalue weighted by Crippen LogP contribution is 2.33. The Hall–Kier alpha value is -1.49. The molecule has 108 valence electrons. The topological polar surface area (TPSA) is 66.4 Å². The van der Waals surface area contributed by atoms with Crippen molar-refractivity contribution >= 4 is 23.6 Å². The standard InChI is InChI=1S/C15H19NO3S/c1-2-12(20-11-6-4-3-5-7-11)14(17)16-13(15(18)19)10-8-9-10/h3-7,10,12-13H,2,8-9H2,1H3,(H,16,17)(H,18,19). The van der Waals surface area contributed by atoms with Gasteiger partial charge in [-0.3, -0.25) is 4.79 Å². The van der Waals surface area contributed by atoms with Crippen LogP contribution in [-0.4, -0.2) is 28.3 Å². The predicted molar refractivity (Wildman–Crippen MR) is 78.7 cm³/mol. The Kier molecular flexibility index (Phi) is 5.06. The van der Waals surface area contributed by atoms with Crippen molar-refractivity contribution in [3.63, 3.8) is 0 Å². The van der Waals surface area contributed by atoms with Crippen LogP contribution in [0.2, 0.25) is 0 Å². The Balaban J connectivity index is 1.96. The van der Waals surface area contributed by atoms with E-state index in [-0.39, 0.29) is 17.1 Å². The lowest BCUT2D eigenvalue weighted by Gasteiger charge is -2.19. The number of benzene rings is 1. The molecule has 0 spiro atoms. The first-order chi connectivity index (χ1) is 9.61. The second-order valence-electron chi connectivity index (χ2n) is 4.99. The maximum absolute atomic E-state index is 12.2. The molecule has 1 fully saturated rings. The van der Waals surface area contributed by atoms with Crippen molar-refractivity contribution < 1.29 is 14.7 Å². The number of carboxylic acid groups (broad SMARTS) is 1. The molecule has 20 heavy (non-hydrogen) atoms. The van der Waals surface area contributed by atoms with Crippen molar-refractivity contribution in [2.45, 2.75) is 42.4 Å². The average Bonchev–Trinajstić information content (AvgIpc) is 3.27. The largest absolute Gasteiger partial charge is 0.480 e. The van der Waals surface area contributed by atoms with E-state index in [4.69, 9.17) is 5.11 Å². The van der Waals surface area contributed by atoms with E-state index in [9.17, 15) is 9.59 Å². The van der Waals surface area contributed by atoms with E-state index in [1.54, 1.807) is 0 Å². The minimum Gasteiger partial charge on any atom is -0.480 e. The van der Waals surface area contributed by atoms with Crippen molar-refractivity contribution in [2.24, 2.45) is 5.92 Å². The molecule has 0 aromatic heterocycles. The first-order valence-corrected chi connectivity index (χ1v) is 7.74. The van der Waals surface area contributed by atoms with E-state index in [1.807, 2.05) is 37.3 Å². The third-order valence-corrected chi connectivity index (χ3v) is 4.72. The summed E-state index contributed by atoms with van der Waals surface area (Å²) in [7, 11) is 0. The highest BCUT2D eigenvalue weighted by Gasteiger charge is 2.38. The van der Waals surface area contributed by atoms with Crippen LogP contribution in [0.15, 0.2) is 35.2 Å². The third-order valence-electron chi connectivity index (χ3n) is 3.34. The summed E-state index contributed by atoms with van der Waals surface area (Å²) >= 11 is 1.48. The van der Waals surface area contributed by atoms with Crippen LogP contribution < -0.4 is 5.32 Å². The fraction of sp³-hybridized carbons (Fsp3) is 0.467. The van der Waals surface area contributed by atoms with Crippen LogP contribution in [0.5, 0.6) is 0 Å². The average molecular weight is 293 g/mol. The molecule has 0 bridgehead atoms. The number of nitrogens with one attached hydrogen (secondary N) is 1. The Morgan fingerprint density at radius 3 is 2.50 bits per heavy atom. The zero-order chi connectivity index (χ0) is 14.5. The number of thioether (sulfide) groups is 1. The van der Waals surface area contributed by atoms with Gasteiger partial charge in [-0.15, -0.1) is 11.8 Å². The maximum Gasteiger partial charge on any atom is 0.326 e. The van der Waals surface area contributed by atoms with Crippen LogP contribution >= 0.6 is 11.8 Å². The molecule has 5 heteroatoms. The van der Waals surface area contributed by atoms with Gasteiger partial charge in [0.15, 0.2) is 0 Å². The summed E-state index contributed by atoms with van der Waals surface area (Å²) in [5.41, 5.74) is 0. The van der Waals surface area contributed by atoms with Gasteiger partial charge in [-0.05, 0) is 37.3 Å². The number of amides is 1. The SMILES string of the molecule is CCC(Sc1ccccc1)C(=O)NC(C(=O)O)C1CC1. The number of aliphatic carboxylic acids is 1. The summed E-state index contributed by atoms with van der Waals surface area (Å²) in [4.78, 5) is 24.4. The maximum atomic E-state index is 12.2. The molecule has 0 saturated heterocycles. The van der Waals surface area contributed by atoms with Crippen molar-refractivity contribution in [1.82, 2.24) is 5.32 Å². The van der Waals surface area contributed by atoms with Crippen LogP contribution in [-0.2, 0) is 9.59 Å². The summed E-state index contributed by atoms with van der Waals surface area (Å²) in [6, 6.07) is 8.97. The van der Waals surface area contributed by atoms with E-state index < -0.39 is 12.0 Å². The van der Waals surface area contributed by atoms with Gasteiger partial charge in [0.2, 0.25) is 5.91 Å². The Morgan fingerprint density at radius 2 is 2.00 bits per heavy atom. The highest BCUT2D eigenvalue weighted by atomic mass is 32.2. The van der Waals surface area contributed by atoms with E-state index >= 15 is 0 Å². The summed E-state index contributed by atoms with van der Waals surface area (Å²) < 4.78 is 0. The summed E-state index contributed by atoms with van der Waals surface area (Å²) in [5, 5.41) is 11.6. The molecule has 2 N–H and O–H groups in total. The molecule has 2 unspecified atom stereocenters. The molecule has 0 heterocycles. The molecular formula is C15H19NO3S. The second-order valence-corrected chi connectivity index (χ2v) is 6.27. The molecule has 1 aliphatic rings. The smallest absolute Gasteiger partial charge is 0.326 e. The van der Waals surface area contributed by atoms with E-state index in [0.29, 0.717) is 6.42 Å². The predicted octanol–water partition coefficient (Wildman–Crippen LogP) is 2.54. The molecule has 1 amide bonds. The number of hydrogen-bond acceptors (Lipinski definition) is 3. The van der Waals surface area contributed by atoms with Crippen LogP contribution in [0.3, 0.4) is 0 Å². The monoisotopic (exact) mass is 293 g/mol. The highest BCUT2D eigenvalue weighted by molar-refractivity contribution is 8.00. The third kappa shape index (κ3) is 4.00. The first kappa shape index (κ1) is 14.9. The molecule has 2 atom stereocenters. The molecule has 1 aliphatic carbocycles. The summed E-state index contributed by atoms with van der Waals surface area (Å²) in [6.07, 6.45) is 2.45. The fourth-order valence-electron chi connectivity index (χ4n) is 2.04. The Morgan fingerprint density at radius 1 is 1.35 bits per heavy atom. The molecule has 2 rings (SSSR count). The van der Waals surface area contributed by atoms with Gasteiger partial charge in [0.25, 0.3) is 0 Å². The van der Waals surface area contributed by atoms with Crippen molar-refractivity contribution in [3.05, 3.63) is 30.3 Å². The van der Waals surface area contributed by atoms with Gasteiger partial charge >= 0.3 is 5.97 Å². The van der Waals surface area contributed by atoms with Gasteiger partial charge < -0.3 is 10.4 Å². The lowest BCUT2D eigenvalue weighted by Crippen LogP contribution is -2.45. The van der Waals surface area contributed by atoms with Crippen molar-refractivity contribution in [1.29, 1.82) is 0 Å². The Bertz CT molecular complexity index is 473. The van der Waals surface area contributed by atoms with Gasteiger partial charge in [0.1, 0.15) is 6.04 Å². The summed E-state index contributed by atoms with van der Waals surface area (Å²) in [6.45, 7) is 1.94. The number of hydrogen-bond donors (Lipinski definition) is 2. The van der Waals surface area contributed by atoms with E-state index in [2.05, 4.69) is 5.32 Å². The molecule has 0 aliphatic heterocycles. The fourth-order valence-corrected chi connectivity index (χ4v) is 3.03.